The van der Waals surface area contributed by atoms with E-state index in [1.54, 1.807) is 0 Å². The summed E-state index contributed by atoms with van der Waals surface area (Å²) < 4.78 is 0. The summed E-state index contributed by atoms with van der Waals surface area (Å²) in [4.78, 5) is 0. The van der Waals surface area contributed by atoms with Crippen LogP contribution in [-0.2, 0) is 6.54 Å². The zero-order chi connectivity index (χ0) is 14.8. The summed E-state index contributed by atoms with van der Waals surface area (Å²) in [5.41, 5.74) is 1.23. The zero-order valence-electron chi connectivity index (χ0n) is 13.2. The molecule has 0 radical (unpaired) electrons. The average Bonchev–Trinajstić information content (AvgIpc) is 2.48. The monoisotopic (exact) mass is 307 g/mol. The van der Waals surface area contributed by atoms with Crippen molar-refractivity contribution in [1.82, 2.24) is 5.32 Å². The molecule has 1 aliphatic rings. The van der Waals surface area contributed by atoms with Crippen LogP contribution < -0.4 is 5.32 Å². The van der Waals surface area contributed by atoms with Gasteiger partial charge in [0.1, 0.15) is 0 Å². The van der Waals surface area contributed by atoms with Crippen LogP contribution in [0, 0.1) is 0 Å². The maximum Gasteiger partial charge on any atom is 0.0450 e. The minimum Gasteiger partial charge on any atom is -0.310 e. The Labute approximate surface area is 135 Å². The summed E-state index contributed by atoms with van der Waals surface area (Å²) in [5, 5.41) is 4.63. The summed E-state index contributed by atoms with van der Waals surface area (Å²) >= 11 is 6.25. The molecule has 0 saturated heterocycles. The Morgan fingerprint density at radius 3 is 1.90 bits per heavy atom. The van der Waals surface area contributed by atoms with E-state index in [9.17, 15) is 0 Å². The van der Waals surface area contributed by atoms with Crippen LogP contribution in [0.25, 0.3) is 0 Å². The van der Waals surface area contributed by atoms with Crippen molar-refractivity contribution in [3.63, 3.8) is 0 Å². The topological polar surface area (TPSA) is 12.0 Å². The van der Waals surface area contributed by atoms with Gasteiger partial charge in [-0.25, -0.2) is 0 Å². The number of benzene rings is 1. The first-order valence-electron chi connectivity index (χ1n) is 8.83. The van der Waals surface area contributed by atoms with Crippen LogP contribution in [0.5, 0.6) is 0 Å². The predicted molar refractivity (Wildman–Crippen MR) is 92.9 cm³/mol. The highest BCUT2D eigenvalue weighted by molar-refractivity contribution is 6.31. The van der Waals surface area contributed by atoms with Gasteiger partial charge in [-0.3, -0.25) is 0 Å². The van der Waals surface area contributed by atoms with E-state index in [1.807, 2.05) is 12.1 Å². The second-order valence-electron chi connectivity index (χ2n) is 6.43. The molecule has 0 amide bonds. The van der Waals surface area contributed by atoms with Crippen LogP contribution in [0.1, 0.15) is 76.2 Å². The Morgan fingerprint density at radius 1 is 0.810 bits per heavy atom. The number of rotatable bonds is 3. The quantitative estimate of drug-likeness (QED) is 0.711. The molecule has 0 heterocycles. The van der Waals surface area contributed by atoms with E-state index < -0.39 is 0 Å². The van der Waals surface area contributed by atoms with Crippen molar-refractivity contribution in [2.75, 3.05) is 0 Å². The lowest BCUT2D eigenvalue weighted by atomic mass is 9.98. The van der Waals surface area contributed by atoms with Gasteiger partial charge in [0.25, 0.3) is 0 Å². The van der Waals surface area contributed by atoms with Crippen molar-refractivity contribution >= 4 is 11.6 Å². The second-order valence-corrected chi connectivity index (χ2v) is 6.84. The number of nitrogens with one attached hydrogen (secondary N) is 1. The van der Waals surface area contributed by atoms with Crippen LogP contribution >= 0.6 is 11.6 Å². The van der Waals surface area contributed by atoms with Gasteiger partial charge in [0, 0.05) is 17.6 Å². The summed E-state index contributed by atoms with van der Waals surface area (Å²) in [6.45, 7) is 0.907. The third-order valence-electron chi connectivity index (χ3n) is 4.64. The third kappa shape index (κ3) is 6.84. The first-order chi connectivity index (χ1) is 10.4. The van der Waals surface area contributed by atoms with Crippen LogP contribution in [0.15, 0.2) is 24.3 Å². The summed E-state index contributed by atoms with van der Waals surface area (Å²) in [5.74, 6) is 0. The molecule has 1 aromatic rings. The molecule has 0 aromatic heterocycles. The van der Waals surface area contributed by atoms with E-state index in [2.05, 4.69) is 17.4 Å². The van der Waals surface area contributed by atoms with Crippen LogP contribution in [0.4, 0.5) is 0 Å². The maximum atomic E-state index is 6.25. The van der Waals surface area contributed by atoms with Gasteiger partial charge < -0.3 is 5.32 Å². The average molecular weight is 308 g/mol. The van der Waals surface area contributed by atoms with Crippen molar-refractivity contribution in [2.45, 2.75) is 83.2 Å². The smallest absolute Gasteiger partial charge is 0.0450 e. The molecule has 118 valence electrons. The standard InChI is InChI=1S/C19H30ClN/c20-19-15-11-10-12-17(19)16-21-18-13-8-6-4-2-1-3-5-7-9-14-18/h10-12,15,18,21H,1-9,13-14,16H2. The molecule has 2 rings (SSSR count). The van der Waals surface area contributed by atoms with Crippen molar-refractivity contribution in [3.8, 4) is 0 Å². The summed E-state index contributed by atoms with van der Waals surface area (Å²) in [7, 11) is 0. The van der Waals surface area contributed by atoms with E-state index in [0.717, 1.165) is 11.6 Å². The normalized spacial score (nSPS) is 19.7. The number of hydrogen-bond donors (Lipinski definition) is 1. The van der Waals surface area contributed by atoms with Crippen molar-refractivity contribution < 1.29 is 0 Å². The Kier molecular flexibility index (Phi) is 8.21. The van der Waals surface area contributed by atoms with Crippen molar-refractivity contribution in [3.05, 3.63) is 34.9 Å². The lowest BCUT2D eigenvalue weighted by Crippen LogP contribution is -2.28. The highest BCUT2D eigenvalue weighted by atomic mass is 35.5. The molecule has 0 spiro atoms. The van der Waals surface area contributed by atoms with E-state index in [1.165, 1.54) is 76.2 Å². The largest absolute Gasteiger partial charge is 0.310 e. The number of hydrogen-bond acceptors (Lipinski definition) is 1. The fourth-order valence-electron chi connectivity index (χ4n) is 3.26. The van der Waals surface area contributed by atoms with Gasteiger partial charge in [-0.2, -0.15) is 0 Å². The Morgan fingerprint density at radius 2 is 1.33 bits per heavy atom. The first kappa shape index (κ1) is 16.8. The van der Waals surface area contributed by atoms with Gasteiger partial charge >= 0.3 is 0 Å². The minimum atomic E-state index is 0.667. The molecule has 1 aliphatic carbocycles. The lowest BCUT2D eigenvalue weighted by molar-refractivity contribution is 0.403. The summed E-state index contributed by atoms with van der Waals surface area (Å²) in [6.07, 6.45) is 15.4. The molecule has 0 atom stereocenters. The highest BCUT2D eigenvalue weighted by Crippen LogP contribution is 2.19. The van der Waals surface area contributed by atoms with Crippen LogP contribution in [0.2, 0.25) is 5.02 Å². The molecule has 1 N–H and O–H groups in total. The molecule has 21 heavy (non-hydrogen) atoms. The van der Waals surface area contributed by atoms with Crippen molar-refractivity contribution in [2.24, 2.45) is 0 Å². The predicted octanol–water partition coefficient (Wildman–Crippen LogP) is 6.10. The van der Waals surface area contributed by atoms with Gasteiger partial charge in [-0.05, 0) is 24.5 Å². The molecule has 0 unspecified atom stereocenters. The Bertz CT molecular complexity index is 379. The molecular weight excluding hydrogens is 278 g/mol. The Hall–Kier alpha value is -0.530. The maximum absolute atomic E-state index is 6.25. The molecule has 0 aliphatic heterocycles. The molecule has 0 bridgehead atoms. The van der Waals surface area contributed by atoms with Gasteiger partial charge in [0.15, 0.2) is 0 Å². The van der Waals surface area contributed by atoms with E-state index >= 15 is 0 Å². The SMILES string of the molecule is Clc1ccccc1CNC1CCCCCCCCCCC1. The van der Waals surface area contributed by atoms with E-state index in [-0.39, 0.29) is 0 Å². The Balaban J connectivity index is 1.79. The van der Waals surface area contributed by atoms with Crippen LogP contribution in [0.3, 0.4) is 0 Å². The molecule has 2 heteroatoms. The van der Waals surface area contributed by atoms with Gasteiger partial charge in [-0.1, -0.05) is 87.6 Å². The van der Waals surface area contributed by atoms with E-state index in [0.29, 0.717) is 6.04 Å². The minimum absolute atomic E-state index is 0.667. The second kappa shape index (κ2) is 10.2. The molecule has 1 aromatic carbocycles. The lowest BCUT2D eigenvalue weighted by Gasteiger charge is -2.20. The van der Waals surface area contributed by atoms with E-state index in [4.69, 9.17) is 11.6 Å². The van der Waals surface area contributed by atoms with Crippen LogP contribution in [-0.4, -0.2) is 6.04 Å². The highest BCUT2D eigenvalue weighted by Gasteiger charge is 2.09. The molecular formula is C19H30ClN. The van der Waals surface area contributed by atoms with Gasteiger partial charge in [0.2, 0.25) is 0 Å². The third-order valence-corrected chi connectivity index (χ3v) is 5.01. The van der Waals surface area contributed by atoms with Gasteiger partial charge in [-0.15, -0.1) is 0 Å². The fourth-order valence-corrected chi connectivity index (χ4v) is 3.47. The fraction of sp³-hybridized carbons (Fsp3) is 0.684. The van der Waals surface area contributed by atoms with Crippen molar-refractivity contribution in [1.29, 1.82) is 0 Å². The first-order valence-corrected chi connectivity index (χ1v) is 9.21. The number of halogens is 1. The molecule has 1 nitrogen and oxygen atoms in total. The zero-order valence-corrected chi connectivity index (χ0v) is 14.0. The summed E-state index contributed by atoms with van der Waals surface area (Å²) in [6, 6.07) is 8.86. The molecule has 1 fully saturated rings. The van der Waals surface area contributed by atoms with Gasteiger partial charge in [0.05, 0.1) is 0 Å². The molecule has 1 saturated carbocycles.